The van der Waals surface area contributed by atoms with E-state index in [1.165, 1.54) is 0 Å². The highest BCUT2D eigenvalue weighted by Gasteiger charge is 2.36. The third-order valence-corrected chi connectivity index (χ3v) is 4.93. The quantitative estimate of drug-likeness (QED) is 0.851. The van der Waals surface area contributed by atoms with Crippen LogP contribution < -0.4 is 10.5 Å². The zero-order valence-corrected chi connectivity index (χ0v) is 14.9. The summed E-state index contributed by atoms with van der Waals surface area (Å²) in [6.07, 6.45) is 1.24. The normalized spacial score (nSPS) is 20.2. The predicted molar refractivity (Wildman–Crippen MR) is 98.8 cm³/mol. The van der Waals surface area contributed by atoms with Gasteiger partial charge in [0.1, 0.15) is 5.75 Å². The van der Waals surface area contributed by atoms with E-state index in [1.807, 2.05) is 36.4 Å². The predicted octanol–water partition coefficient (Wildman–Crippen LogP) is 1.62. The van der Waals surface area contributed by atoms with Crippen LogP contribution in [0, 0.1) is 0 Å². The first-order valence-corrected chi connectivity index (χ1v) is 8.74. The van der Waals surface area contributed by atoms with Crippen molar-refractivity contribution in [2.24, 2.45) is 5.73 Å². The number of carbonyl (C=O) groups excluding carboxylic acids is 2. The van der Waals surface area contributed by atoms with E-state index in [1.54, 1.807) is 12.0 Å². The molecule has 2 aromatic rings. The van der Waals surface area contributed by atoms with Crippen LogP contribution in [0.15, 0.2) is 36.4 Å². The zero-order valence-electron chi connectivity index (χ0n) is 14.9. The summed E-state index contributed by atoms with van der Waals surface area (Å²) in [6, 6.07) is 11.6. The van der Waals surface area contributed by atoms with Gasteiger partial charge >= 0.3 is 0 Å². The van der Waals surface area contributed by atoms with E-state index < -0.39 is 11.5 Å². The van der Waals surface area contributed by atoms with Gasteiger partial charge in [-0.25, -0.2) is 0 Å². The zero-order chi connectivity index (χ0) is 18.7. The summed E-state index contributed by atoms with van der Waals surface area (Å²) in [5.41, 5.74) is 4.92. The molecule has 6 heteroatoms. The Morgan fingerprint density at radius 1 is 1.31 bits per heavy atom. The molecule has 2 aromatic carbocycles. The molecular formula is C20H24N2O4. The average molecular weight is 356 g/mol. The molecule has 0 aromatic heterocycles. The highest BCUT2D eigenvalue weighted by molar-refractivity contribution is 5.91. The van der Waals surface area contributed by atoms with Crippen LogP contribution >= 0.6 is 0 Å². The fraction of sp³-hybridized carbons (Fsp3) is 0.400. The first-order valence-electron chi connectivity index (χ1n) is 8.74. The molecule has 1 aliphatic heterocycles. The number of nitrogens with zero attached hydrogens (tertiary/aromatic N) is 1. The van der Waals surface area contributed by atoms with Gasteiger partial charge < -0.3 is 20.5 Å². The standard InChI is InChI=1S/C20H24N2O4/c1-26-16-7-6-14-4-2-5-15(17(14)11-16)10-19(24)22-9-3-8-20(25,13-22)12-18(21)23/h2,4-7,11,25H,3,8-10,12-13H2,1H3,(H2,21,23). The lowest BCUT2D eigenvalue weighted by Gasteiger charge is -2.38. The number of amides is 2. The smallest absolute Gasteiger partial charge is 0.227 e. The lowest BCUT2D eigenvalue weighted by atomic mass is 9.89. The van der Waals surface area contributed by atoms with E-state index in [0.29, 0.717) is 19.4 Å². The van der Waals surface area contributed by atoms with E-state index in [0.717, 1.165) is 22.1 Å². The summed E-state index contributed by atoms with van der Waals surface area (Å²) in [5, 5.41) is 12.6. The van der Waals surface area contributed by atoms with Crippen molar-refractivity contribution in [2.75, 3.05) is 20.2 Å². The van der Waals surface area contributed by atoms with Crippen molar-refractivity contribution in [3.8, 4) is 5.75 Å². The van der Waals surface area contributed by atoms with Crippen LogP contribution in [0.4, 0.5) is 0 Å². The van der Waals surface area contributed by atoms with Gasteiger partial charge in [-0.05, 0) is 41.3 Å². The summed E-state index contributed by atoms with van der Waals surface area (Å²) < 4.78 is 5.29. The SMILES string of the molecule is COc1ccc2cccc(CC(=O)N3CCCC(O)(CC(N)=O)C3)c2c1. The van der Waals surface area contributed by atoms with Crippen molar-refractivity contribution in [3.63, 3.8) is 0 Å². The van der Waals surface area contributed by atoms with Crippen LogP contribution in [0.1, 0.15) is 24.8 Å². The molecule has 2 amide bonds. The monoisotopic (exact) mass is 356 g/mol. The Morgan fingerprint density at radius 2 is 2.12 bits per heavy atom. The van der Waals surface area contributed by atoms with Crippen LogP contribution in [0.2, 0.25) is 0 Å². The minimum Gasteiger partial charge on any atom is -0.497 e. The molecule has 138 valence electrons. The van der Waals surface area contributed by atoms with E-state index in [4.69, 9.17) is 10.5 Å². The van der Waals surface area contributed by atoms with E-state index in [2.05, 4.69) is 0 Å². The minimum absolute atomic E-state index is 0.0667. The lowest BCUT2D eigenvalue weighted by Crippen LogP contribution is -2.52. The van der Waals surface area contributed by atoms with Crippen molar-refractivity contribution < 1.29 is 19.4 Å². The summed E-state index contributed by atoms with van der Waals surface area (Å²) >= 11 is 0. The fourth-order valence-corrected chi connectivity index (χ4v) is 3.67. The summed E-state index contributed by atoms with van der Waals surface area (Å²) in [7, 11) is 1.61. The van der Waals surface area contributed by atoms with Gasteiger partial charge in [0.05, 0.1) is 25.6 Å². The number of hydrogen-bond acceptors (Lipinski definition) is 4. The average Bonchev–Trinajstić information content (AvgIpc) is 2.60. The van der Waals surface area contributed by atoms with Crippen LogP contribution in [-0.2, 0) is 16.0 Å². The Bertz CT molecular complexity index is 836. The summed E-state index contributed by atoms with van der Waals surface area (Å²) in [6.45, 7) is 0.719. The van der Waals surface area contributed by atoms with E-state index in [9.17, 15) is 14.7 Å². The number of ether oxygens (including phenoxy) is 1. The number of β-amino-alcohol motifs (C(OH)–C–C–N with tert-alkyl or cyclic N) is 1. The van der Waals surface area contributed by atoms with Gasteiger partial charge in [-0.2, -0.15) is 0 Å². The molecular weight excluding hydrogens is 332 g/mol. The first kappa shape index (κ1) is 18.2. The van der Waals surface area contributed by atoms with Gasteiger partial charge in [0.15, 0.2) is 0 Å². The topological polar surface area (TPSA) is 92.9 Å². The summed E-state index contributed by atoms with van der Waals surface area (Å²) in [4.78, 5) is 25.6. The molecule has 3 N–H and O–H groups in total. The van der Waals surface area contributed by atoms with Gasteiger partial charge in [-0.15, -0.1) is 0 Å². The van der Waals surface area contributed by atoms with Crippen molar-refractivity contribution in [1.29, 1.82) is 0 Å². The molecule has 0 aliphatic carbocycles. The van der Waals surface area contributed by atoms with E-state index >= 15 is 0 Å². The Morgan fingerprint density at radius 3 is 2.85 bits per heavy atom. The highest BCUT2D eigenvalue weighted by atomic mass is 16.5. The number of likely N-dealkylation sites (tertiary alicyclic amines) is 1. The maximum absolute atomic E-state index is 12.8. The number of fused-ring (bicyclic) bond motifs is 1. The molecule has 1 fully saturated rings. The van der Waals surface area contributed by atoms with Crippen LogP contribution in [0.25, 0.3) is 10.8 Å². The molecule has 1 atom stereocenters. The Kier molecular flexibility index (Phi) is 5.13. The molecule has 1 aliphatic rings. The van der Waals surface area contributed by atoms with Gasteiger partial charge in [-0.3, -0.25) is 9.59 Å². The Balaban J connectivity index is 1.79. The van der Waals surface area contributed by atoms with Gasteiger partial charge in [0, 0.05) is 13.1 Å². The molecule has 0 bridgehead atoms. The number of rotatable bonds is 5. The Labute approximate surface area is 152 Å². The molecule has 0 radical (unpaired) electrons. The highest BCUT2D eigenvalue weighted by Crippen LogP contribution is 2.27. The van der Waals surface area contributed by atoms with Gasteiger partial charge in [-0.1, -0.05) is 24.3 Å². The third-order valence-electron chi connectivity index (χ3n) is 4.93. The molecule has 1 saturated heterocycles. The largest absolute Gasteiger partial charge is 0.497 e. The first-order chi connectivity index (χ1) is 12.4. The maximum atomic E-state index is 12.8. The second-order valence-electron chi connectivity index (χ2n) is 6.97. The maximum Gasteiger partial charge on any atom is 0.227 e. The number of piperidine rings is 1. The van der Waals surface area contributed by atoms with Crippen molar-refractivity contribution in [1.82, 2.24) is 4.90 Å². The Hall–Kier alpha value is -2.60. The number of methoxy groups -OCH3 is 1. The molecule has 26 heavy (non-hydrogen) atoms. The molecule has 1 unspecified atom stereocenters. The third kappa shape index (κ3) is 3.96. The van der Waals surface area contributed by atoms with Gasteiger partial charge in [0.25, 0.3) is 0 Å². The fourth-order valence-electron chi connectivity index (χ4n) is 3.67. The molecule has 3 rings (SSSR count). The number of aliphatic hydroxyl groups is 1. The second kappa shape index (κ2) is 7.33. The van der Waals surface area contributed by atoms with E-state index in [-0.39, 0.29) is 25.3 Å². The van der Waals surface area contributed by atoms with Crippen molar-refractivity contribution >= 4 is 22.6 Å². The van der Waals surface area contributed by atoms with Gasteiger partial charge in [0.2, 0.25) is 11.8 Å². The lowest BCUT2D eigenvalue weighted by molar-refractivity contribution is -0.141. The number of benzene rings is 2. The molecule has 6 nitrogen and oxygen atoms in total. The number of hydrogen-bond donors (Lipinski definition) is 2. The van der Waals surface area contributed by atoms with Crippen molar-refractivity contribution in [2.45, 2.75) is 31.3 Å². The molecule has 0 spiro atoms. The minimum atomic E-state index is -1.22. The number of nitrogens with two attached hydrogens (primary N) is 1. The second-order valence-corrected chi connectivity index (χ2v) is 6.97. The number of primary amides is 1. The summed E-state index contributed by atoms with van der Waals surface area (Å²) in [5.74, 6) is 0.122. The molecule has 0 saturated carbocycles. The van der Waals surface area contributed by atoms with Crippen LogP contribution in [0.3, 0.4) is 0 Å². The molecule has 1 heterocycles. The number of carbonyl (C=O) groups is 2. The van der Waals surface area contributed by atoms with Crippen LogP contribution in [0.5, 0.6) is 5.75 Å². The van der Waals surface area contributed by atoms with Crippen molar-refractivity contribution in [3.05, 3.63) is 42.0 Å². The van der Waals surface area contributed by atoms with Crippen LogP contribution in [-0.4, -0.2) is 47.6 Å².